The summed E-state index contributed by atoms with van der Waals surface area (Å²) >= 11 is 1.90. The van der Waals surface area contributed by atoms with Crippen molar-refractivity contribution < 1.29 is 0 Å². The molecule has 0 radical (unpaired) electrons. The average molecular weight is 730 g/mol. The first-order valence-electron chi connectivity index (χ1n) is 19.2. The number of thiophene rings is 1. The van der Waals surface area contributed by atoms with E-state index in [4.69, 9.17) is 0 Å². The topological polar surface area (TPSA) is 3.24 Å². The molecule has 0 spiro atoms. The molecule has 1 nitrogen and oxygen atoms in total. The van der Waals surface area contributed by atoms with Gasteiger partial charge in [0, 0.05) is 26.8 Å². The minimum atomic E-state index is 1.12. The highest BCUT2D eigenvalue weighted by molar-refractivity contribution is 7.27. The van der Waals surface area contributed by atoms with Crippen molar-refractivity contribution in [3.8, 4) is 33.4 Å². The highest BCUT2D eigenvalue weighted by Crippen LogP contribution is 2.47. The van der Waals surface area contributed by atoms with Crippen LogP contribution in [0.15, 0.2) is 212 Å². The predicted molar refractivity (Wildman–Crippen MR) is 243 cm³/mol. The summed E-state index contributed by atoms with van der Waals surface area (Å²) in [5, 5.41) is 10.3. The number of rotatable bonds is 6. The average Bonchev–Trinajstić information content (AvgIpc) is 3.67. The van der Waals surface area contributed by atoms with Gasteiger partial charge in [-0.25, -0.2) is 0 Å². The summed E-state index contributed by atoms with van der Waals surface area (Å²) in [5.41, 5.74) is 10.7. The Hall–Kier alpha value is -7.00. The normalized spacial score (nSPS) is 11.6. The van der Waals surface area contributed by atoms with Gasteiger partial charge in [0.05, 0.1) is 10.4 Å². The maximum absolute atomic E-state index is 2.44. The Morgan fingerprint density at radius 1 is 0.286 bits per heavy atom. The zero-order valence-corrected chi connectivity index (χ0v) is 31.4. The number of nitrogens with zero attached hydrogens (tertiary/aromatic N) is 1. The Balaban J connectivity index is 1.08. The summed E-state index contributed by atoms with van der Waals surface area (Å²) in [5.74, 6) is 0. The van der Waals surface area contributed by atoms with Crippen molar-refractivity contribution in [3.05, 3.63) is 212 Å². The lowest BCUT2D eigenvalue weighted by molar-refractivity contribution is 1.30. The van der Waals surface area contributed by atoms with E-state index >= 15 is 0 Å². The van der Waals surface area contributed by atoms with E-state index in [1.165, 1.54) is 91.6 Å². The maximum atomic E-state index is 2.44. The van der Waals surface area contributed by atoms with E-state index in [-0.39, 0.29) is 0 Å². The molecule has 0 aliphatic rings. The highest BCUT2D eigenvalue weighted by atomic mass is 32.1. The summed E-state index contributed by atoms with van der Waals surface area (Å²) in [6.45, 7) is 0. The van der Waals surface area contributed by atoms with Gasteiger partial charge in [-0.2, -0.15) is 0 Å². The smallest absolute Gasteiger partial charge is 0.0640 e. The number of hydrogen-bond acceptors (Lipinski definition) is 2. The molecule has 0 aliphatic carbocycles. The van der Waals surface area contributed by atoms with Crippen LogP contribution in [0.3, 0.4) is 0 Å². The SMILES string of the molecule is c1ccc(-c2ccc(N(c3cccc(-c4cccc(-c5cc6ccccc6c6ccccc56)c4)c3)c3cccc4c3sc3c5ccccc5ccc43)cc2)cc1. The quantitative estimate of drug-likeness (QED) is 0.154. The van der Waals surface area contributed by atoms with Crippen LogP contribution >= 0.6 is 11.3 Å². The van der Waals surface area contributed by atoms with Crippen LogP contribution in [0.5, 0.6) is 0 Å². The summed E-state index contributed by atoms with van der Waals surface area (Å²) in [4.78, 5) is 2.44. The number of benzene rings is 10. The molecule has 0 N–H and O–H groups in total. The largest absolute Gasteiger partial charge is 0.309 e. The van der Waals surface area contributed by atoms with Gasteiger partial charge < -0.3 is 4.90 Å². The molecule has 1 heterocycles. The number of hydrogen-bond donors (Lipinski definition) is 0. The summed E-state index contributed by atoms with van der Waals surface area (Å²) in [6, 6.07) is 77.6. The van der Waals surface area contributed by atoms with Gasteiger partial charge in [-0.05, 0) is 108 Å². The van der Waals surface area contributed by atoms with Crippen LogP contribution in [-0.4, -0.2) is 0 Å². The van der Waals surface area contributed by atoms with Crippen molar-refractivity contribution in [3.63, 3.8) is 0 Å². The van der Waals surface area contributed by atoms with Gasteiger partial charge in [-0.1, -0.05) is 170 Å². The molecule has 0 saturated heterocycles. The Labute approximate surface area is 330 Å². The number of fused-ring (bicyclic) bond motifs is 8. The van der Waals surface area contributed by atoms with Crippen LogP contribution < -0.4 is 4.90 Å². The highest BCUT2D eigenvalue weighted by Gasteiger charge is 2.20. The van der Waals surface area contributed by atoms with Gasteiger partial charge in [-0.15, -0.1) is 11.3 Å². The van der Waals surface area contributed by atoms with Crippen molar-refractivity contribution in [2.24, 2.45) is 0 Å². The number of anilines is 3. The molecule has 56 heavy (non-hydrogen) atoms. The van der Waals surface area contributed by atoms with Gasteiger partial charge in [-0.3, -0.25) is 0 Å². The third-order valence-electron chi connectivity index (χ3n) is 11.2. The summed E-state index contributed by atoms with van der Waals surface area (Å²) < 4.78 is 2.61. The van der Waals surface area contributed by atoms with Crippen molar-refractivity contribution in [2.75, 3.05) is 4.90 Å². The molecule has 0 atom stereocenters. The van der Waals surface area contributed by atoms with Gasteiger partial charge in [0.15, 0.2) is 0 Å². The molecule has 0 bridgehead atoms. The molecule has 0 aliphatic heterocycles. The van der Waals surface area contributed by atoms with Crippen molar-refractivity contribution in [1.29, 1.82) is 0 Å². The Morgan fingerprint density at radius 3 is 1.71 bits per heavy atom. The lowest BCUT2D eigenvalue weighted by Gasteiger charge is -2.27. The third-order valence-corrected chi connectivity index (χ3v) is 12.5. The molecule has 2 heteroatoms. The van der Waals surface area contributed by atoms with Crippen molar-refractivity contribution in [1.82, 2.24) is 0 Å². The Kier molecular flexibility index (Phi) is 7.75. The molecule has 11 aromatic rings. The molecule has 11 rings (SSSR count). The van der Waals surface area contributed by atoms with Crippen LogP contribution in [0.2, 0.25) is 0 Å². The fourth-order valence-electron chi connectivity index (χ4n) is 8.53. The second kappa shape index (κ2) is 13.4. The van der Waals surface area contributed by atoms with Gasteiger partial charge >= 0.3 is 0 Å². The fourth-order valence-corrected chi connectivity index (χ4v) is 9.87. The monoisotopic (exact) mass is 729 g/mol. The van der Waals surface area contributed by atoms with Crippen molar-refractivity contribution >= 4 is 80.9 Å². The van der Waals surface area contributed by atoms with E-state index in [2.05, 4.69) is 217 Å². The van der Waals surface area contributed by atoms with E-state index in [0.717, 1.165) is 11.4 Å². The van der Waals surface area contributed by atoms with Gasteiger partial charge in [0.1, 0.15) is 0 Å². The van der Waals surface area contributed by atoms with Crippen LogP contribution in [0.4, 0.5) is 17.1 Å². The third kappa shape index (κ3) is 5.46. The van der Waals surface area contributed by atoms with Crippen LogP contribution in [0.1, 0.15) is 0 Å². The van der Waals surface area contributed by atoms with E-state index in [9.17, 15) is 0 Å². The minimum Gasteiger partial charge on any atom is -0.309 e. The van der Waals surface area contributed by atoms with Gasteiger partial charge in [0.2, 0.25) is 0 Å². The molecular weight excluding hydrogens is 695 g/mol. The lowest BCUT2D eigenvalue weighted by atomic mass is 9.92. The molecule has 0 amide bonds. The van der Waals surface area contributed by atoms with E-state index < -0.39 is 0 Å². The van der Waals surface area contributed by atoms with Crippen molar-refractivity contribution in [2.45, 2.75) is 0 Å². The molecule has 0 unspecified atom stereocenters. The van der Waals surface area contributed by atoms with E-state index in [1.807, 2.05) is 11.3 Å². The molecule has 0 saturated carbocycles. The fraction of sp³-hybridized carbons (Fsp3) is 0. The maximum Gasteiger partial charge on any atom is 0.0640 e. The first-order valence-corrected chi connectivity index (χ1v) is 20.0. The van der Waals surface area contributed by atoms with E-state index in [0.29, 0.717) is 0 Å². The first-order chi connectivity index (χ1) is 27.8. The van der Waals surface area contributed by atoms with E-state index in [1.54, 1.807) is 0 Å². The first kappa shape index (κ1) is 32.4. The summed E-state index contributed by atoms with van der Waals surface area (Å²) in [7, 11) is 0. The predicted octanol–water partition coefficient (Wildman–Crippen LogP) is 16.0. The Morgan fingerprint density at radius 2 is 0.875 bits per heavy atom. The second-order valence-corrected chi connectivity index (χ2v) is 15.5. The van der Waals surface area contributed by atoms with Gasteiger partial charge in [0.25, 0.3) is 0 Å². The Bertz CT molecular complexity index is 3250. The molecule has 0 fully saturated rings. The standard InChI is InChI=1S/C54H35NS/c1-2-13-36(14-3-1)37-27-30-43(31-28-37)55(52-26-12-25-49-50-32-29-38-15-4-7-22-46(38)53(50)56-54(49)52)44-20-11-18-40(34-44)39-17-10-19-41(33-39)51-35-42-16-5-6-21-45(42)47-23-8-9-24-48(47)51/h1-35H. The molecule has 262 valence electrons. The summed E-state index contributed by atoms with van der Waals surface area (Å²) in [6.07, 6.45) is 0. The molecular formula is C54H35NS. The zero-order chi connectivity index (χ0) is 37.0. The zero-order valence-electron chi connectivity index (χ0n) is 30.6. The molecule has 1 aromatic heterocycles. The van der Waals surface area contributed by atoms with Crippen LogP contribution in [-0.2, 0) is 0 Å². The minimum absolute atomic E-state index is 1.12. The van der Waals surface area contributed by atoms with Crippen LogP contribution in [0, 0.1) is 0 Å². The lowest BCUT2D eigenvalue weighted by Crippen LogP contribution is -2.10. The second-order valence-electron chi connectivity index (χ2n) is 14.5. The molecule has 10 aromatic carbocycles. The van der Waals surface area contributed by atoms with Crippen LogP contribution in [0.25, 0.3) is 85.9 Å².